The first-order chi connectivity index (χ1) is 17.3. The molecule has 3 heterocycles. The zero-order valence-electron chi connectivity index (χ0n) is 22.4. The molecule has 1 saturated carbocycles. The van der Waals surface area contributed by atoms with Crippen molar-refractivity contribution in [3.63, 3.8) is 0 Å². The molecule has 5 rings (SSSR count). The molecule has 4 fully saturated rings. The summed E-state index contributed by atoms with van der Waals surface area (Å²) in [6.07, 6.45) is 7.02. The summed E-state index contributed by atoms with van der Waals surface area (Å²) in [7, 11) is 1.69. The summed E-state index contributed by atoms with van der Waals surface area (Å²) in [5.74, 6) is 0.988. The summed E-state index contributed by atoms with van der Waals surface area (Å²) in [5, 5.41) is 0. The molecule has 4 aliphatic rings. The summed E-state index contributed by atoms with van der Waals surface area (Å²) in [6, 6.07) is 10.2. The monoisotopic (exact) mass is 498 g/mol. The van der Waals surface area contributed by atoms with Crippen molar-refractivity contribution in [1.82, 2.24) is 0 Å². The maximum absolute atomic E-state index is 13.0. The second kappa shape index (κ2) is 10.2. The van der Waals surface area contributed by atoms with Gasteiger partial charge in [0.25, 0.3) is 0 Å². The lowest BCUT2D eigenvalue weighted by Gasteiger charge is -2.53. The molecule has 0 N–H and O–H groups in total. The third-order valence-electron chi connectivity index (χ3n) is 9.36. The highest BCUT2D eigenvalue weighted by molar-refractivity contribution is 5.75. The molecule has 0 aromatic heterocycles. The van der Waals surface area contributed by atoms with Gasteiger partial charge in [0.1, 0.15) is 17.3 Å². The molecular formula is C30H42O6. The van der Waals surface area contributed by atoms with Crippen LogP contribution in [0.3, 0.4) is 0 Å². The molecule has 9 unspecified atom stereocenters. The van der Waals surface area contributed by atoms with Crippen LogP contribution in [0.4, 0.5) is 0 Å². The lowest BCUT2D eigenvalue weighted by atomic mass is 9.69. The SMILES string of the molecule is COC(C=Cc1ccccc1)OC1C2C(C)CCC2C2(C)OC1(C(C)C)CC2OC(=O)C1CCCO1. The first-order valence-electron chi connectivity index (χ1n) is 13.7. The Kier molecular flexibility index (Phi) is 7.34. The highest BCUT2D eigenvalue weighted by Crippen LogP contribution is 2.63. The van der Waals surface area contributed by atoms with E-state index < -0.39 is 23.6 Å². The zero-order chi connectivity index (χ0) is 25.5. The van der Waals surface area contributed by atoms with Crippen molar-refractivity contribution in [2.45, 2.75) is 95.6 Å². The molecule has 6 nitrogen and oxygen atoms in total. The van der Waals surface area contributed by atoms with Crippen LogP contribution in [-0.2, 0) is 28.5 Å². The topological polar surface area (TPSA) is 63.2 Å². The number of hydrogen-bond acceptors (Lipinski definition) is 6. The largest absolute Gasteiger partial charge is 0.457 e. The van der Waals surface area contributed by atoms with Crippen molar-refractivity contribution >= 4 is 12.0 Å². The molecule has 3 saturated heterocycles. The van der Waals surface area contributed by atoms with E-state index in [4.69, 9.17) is 23.7 Å². The van der Waals surface area contributed by atoms with Crippen LogP contribution in [-0.4, -0.2) is 55.5 Å². The van der Waals surface area contributed by atoms with Gasteiger partial charge in [0.05, 0.1) is 6.10 Å². The predicted molar refractivity (Wildman–Crippen MR) is 137 cm³/mol. The van der Waals surface area contributed by atoms with E-state index in [-0.39, 0.29) is 30.0 Å². The van der Waals surface area contributed by atoms with E-state index in [1.165, 1.54) is 0 Å². The molecule has 1 aliphatic carbocycles. The summed E-state index contributed by atoms with van der Waals surface area (Å²) >= 11 is 0. The van der Waals surface area contributed by atoms with Gasteiger partial charge in [-0.25, -0.2) is 4.79 Å². The Bertz CT molecular complexity index is 940. The van der Waals surface area contributed by atoms with E-state index in [0.717, 1.165) is 31.2 Å². The number of ether oxygens (including phenoxy) is 5. The summed E-state index contributed by atoms with van der Waals surface area (Å²) < 4.78 is 31.6. The summed E-state index contributed by atoms with van der Waals surface area (Å²) in [4.78, 5) is 13.0. The molecule has 1 aromatic rings. The smallest absolute Gasteiger partial charge is 0.335 e. The third-order valence-corrected chi connectivity index (χ3v) is 9.36. The Hall–Kier alpha value is -1.73. The molecular weight excluding hydrogens is 456 g/mol. The van der Waals surface area contributed by atoms with Gasteiger partial charge in [0, 0.05) is 20.1 Å². The number of rotatable bonds is 8. The van der Waals surface area contributed by atoms with Gasteiger partial charge in [-0.2, -0.15) is 0 Å². The van der Waals surface area contributed by atoms with Gasteiger partial charge in [-0.15, -0.1) is 0 Å². The Morgan fingerprint density at radius 2 is 1.94 bits per heavy atom. The van der Waals surface area contributed by atoms with Crippen LogP contribution >= 0.6 is 0 Å². The zero-order valence-corrected chi connectivity index (χ0v) is 22.4. The number of hydrogen-bond donors (Lipinski definition) is 0. The Balaban J connectivity index is 1.44. The number of carbonyl (C=O) groups excluding carboxylic acids is 1. The van der Waals surface area contributed by atoms with Crippen LogP contribution in [0.2, 0.25) is 0 Å². The van der Waals surface area contributed by atoms with Crippen molar-refractivity contribution < 1.29 is 28.5 Å². The first-order valence-corrected chi connectivity index (χ1v) is 13.7. The van der Waals surface area contributed by atoms with E-state index in [1.807, 2.05) is 30.4 Å². The molecule has 198 valence electrons. The third kappa shape index (κ3) is 4.44. The maximum Gasteiger partial charge on any atom is 0.335 e. The minimum atomic E-state index is -0.562. The van der Waals surface area contributed by atoms with Crippen molar-refractivity contribution in [3.8, 4) is 0 Å². The van der Waals surface area contributed by atoms with E-state index in [2.05, 4.69) is 39.8 Å². The first kappa shape index (κ1) is 25.9. The van der Waals surface area contributed by atoms with Gasteiger partial charge >= 0.3 is 5.97 Å². The molecule has 2 bridgehead atoms. The van der Waals surface area contributed by atoms with Crippen molar-refractivity contribution in [2.24, 2.45) is 23.7 Å². The van der Waals surface area contributed by atoms with E-state index in [0.29, 0.717) is 24.9 Å². The molecule has 6 heteroatoms. The molecule has 0 spiro atoms. The molecule has 3 aliphatic heterocycles. The van der Waals surface area contributed by atoms with Crippen LogP contribution in [0, 0.1) is 23.7 Å². The summed E-state index contributed by atoms with van der Waals surface area (Å²) in [6.45, 7) is 9.52. The second-order valence-electron chi connectivity index (χ2n) is 11.7. The van der Waals surface area contributed by atoms with E-state index in [1.54, 1.807) is 7.11 Å². The fourth-order valence-corrected chi connectivity index (χ4v) is 7.33. The van der Waals surface area contributed by atoms with Crippen molar-refractivity contribution in [1.29, 1.82) is 0 Å². The highest BCUT2D eigenvalue weighted by Gasteiger charge is 2.71. The van der Waals surface area contributed by atoms with Crippen LogP contribution in [0.5, 0.6) is 0 Å². The second-order valence-corrected chi connectivity index (χ2v) is 11.7. The minimum absolute atomic E-state index is 0.162. The van der Waals surface area contributed by atoms with Gasteiger partial charge in [0.15, 0.2) is 12.4 Å². The molecule has 0 amide bonds. The standard InChI is InChI=1S/C30H42O6/c1-19(2)30-18-24(34-28(31)23-12-9-17-33-23)29(4,36-30)22-15-13-20(3)26(22)27(30)35-25(32-5)16-14-21-10-7-6-8-11-21/h6-8,10-11,14,16,19-20,22-27H,9,12-13,15,17-18H2,1-5H3. The Morgan fingerprint density at radius 1 is 1.17 bits per heavy atom. The summed E-state index contributed by atoms with van der Waals surface area (Å²) in [5.41, 5.74) is 0.00664. The lowest BCUT2D eigenvalue weighted by Crippen LogP contribution is -2.62. The number of carbonyl (C=O) groups is 1. The van der Waals surface area contributed by atoms with Crippen LogP contribution in [0.15, 0.2) is 36.4 Å². The van der Waals surface area contributed by atoms with Gasteiger partial charge < -0.3 is 23.7 Å². The number of methoxy groups -OCH3 is 1. The van der Waals surface area contributed by atoms with Crippen LogP contribution in [0.1, 0.15) is 65.4 Å². The fourth-order valence-electron chi connectivity index (χ4n) is 7.33. The average molecular weight is 499 g/mol. The maximum atomic E-state index is 13.0. The van der Waals surface area contributed by atoms with Crippen LogP contribution < -0.4 is 0 Å². The number of esters is 1. The Labute approximate surface area is 215 Å². The van der Waals surface area contributed by atoms with Gasteiger partial charge in [-0.05, 0) is 67.9 Å². The normalized spacial score (nSPS) is 40.6. The van der Waals surface area contributed by atoms with Gasteiger partial charge in [-0.3, -0.25) is 0 Å². The minimum Gasteiger partial charge on any atom is -0.457 e. The predicted octanol–water partition coefficient (Wildman–Crippen LogP) is 5.40. The van der Waals surface area contributed by atoms with Crippen LogP contribution in [0.25, 0.3) is 6.08 Å². The fraction of sp³-hybridized carbons (Fsp3) is 0.700. The molecule has 36 heavy (non-hydrogen) atoms. The highest BCUT2D eigenvalue weighted by atomic mass is 16.7. The average Bonchev–Trinajstić information content (AvgIpc) is 3.59. The van der Waals surface area contributed by atoms with Gasteiger partial charge in [-0.1, -0.05) is 57.2 Å². The molecule has 1 aromatic carbocycles. The number of benzene rings is 1. The number of fused-ring (bicyclic) bond motifs is 4. The van der Waals surface area contributed by atoms with Crippen molar-refractivity contribution in [2.75, 3.05) is 13.7 Å². The molecule has 9 atom stereocenters. The lowest BCUT2D eigenvalue weighted by molar-refractivity contribution is -0.294. The van der Waals surface area contributed by atoms with Gasteiger partial charge in [0.2, 0.25) is 0 Å². The Morgan fingerprint density at radius 3 is 2.61 bits per heavy atom. The van der Waals surface area contributed by atoms with E-state index >= 15 is 0 Å². The van der Waals surface area contributed by atoms with Crippen molar-refractivity contribution in [3.05, 3.63) is 42.0 Å². The molecule has 0 radical (unpaired) electrons. The van der Waals surface area contributed by atoms with E-state index in [9.17, 15) is 4.79 Å². The quantitative estimate of drug-likeness (QED) is 0.353.